The Kier molecular flexibility index (Phi) is 6.41. The van der Waals surface area contributed by atoms with E-state index in [1.54, 1.807) is 23.1 Å². The molecule has 0 aliphatic carbocycles. The third-order valence-corrected chi connectivity index (χ3v) is 4.89. The molecular weight excluding hydrogens is 385 g/mol. The van der Waals surface area contributed by atoms with Gasteiger partial charge in [-0.3, -0.25) is 9.59 Å². The number of benzene rings is 1. The van der Waals surface area contributed by atoms with Gasteiger partial charge in [0, 0.05) is 25.7 Å². The predicted molar refractivity (Wildman–Crippen MR) is 101 cm³/mol. The van der Waals surface area contributed by atoms with Crippen molar-refractivity contribution >= 4 is 17.9 Å². The van der Waals surface area contributed by atoms with Gasteiger partial charge in [-0.25, -0.2) is 0 Å². The fourth-order valence-electron chi connectivity index (χ4n) is 3.26. The van der Waals surface area contributed by atoms with Crippen molar-refractivity contribution in [2.24, 2.45) is 5.92 Å². The maximum absolute atomic E-state index is 13.0. The fourth-order valence-corrected chi connectivity index (χ4v) is 3.26. The lowest BCUT2D eigenvalue weighted by Crippen LogP contribution is -2.41. The number of amides is 2. The first-order chi connectivity index (χ1) is 13.8. The number of carbonyl (C=O) groups is 2. The Morgan fingerprint density at radius 3 is 2.52 bits per heavy atom. The Hall–Kier alpha value is -3.03. The van der Waals surface area contributed by atoms with Gasteiger partial charge >= 0.3 is 6.18 Å². The van der Waals surface area contributed by atoms with Gasteiger partial charge < -0.3 is 14.6 Å². The zero-order valence-corrected chi connectivity index (χ0v) is 15.6. The molecule has 3 rings (SSSR count). The second kappa shape index (κ2) is 8.98. The highest BCUT2D eigenvalue weighted by Gasteiger charge is 2.35. The molecule has 2 aromatic rings. The van der Waals surface area contributed by atoms with Gasteiger partial charge in [0.15, 0.2) is 0 Å². The molecule has 1 aromatic carbocycles. The second-order valence-corrected chi connectivity index (χ2v) is 6.87. The standard InChI is InChI=1S/C21H21F3N2O3/c22-21(23,24)18-6-2-1-5-17(18)20(28)25-14-15-9-11-26(12-10-15)19(27)8-7-16-4-3-13-29-16/h1-8,13,15H,9-12,14H2,(H,25,28)/b8-7+. The monoisotopic (exact) mass is 406 g/mol. The van der Waals surface area contributed by atoms with E-state index in [4.69, 9.17) is 4.42 Å². The minimum absolute atomic E-state index is 0.107. The van der Waals surface area contributed by atoms with Gasteiger partial charge in [-0.15, -0.1) is 0 Å². The number of rotatable bonds is 5. The predicted octanol–water partition coefficient (Wildman–Crippen LogP) is 3.98. The van der Waals surface area contributed by atoms with Gasteiger partial charge in [-0.05, 0) is 49.1 Å². The first-order valence-corrected chi connectivity index (χ1v) is 9.29. The zero-order valence-electron chi connectivity index (χ0n) is 15.6. The van der Waals surface area contributed by atoms with Crippen molar-refractivity contribution in [2.45, 2.75) is 19.0 Å². The van der Waals surface area contributed by atoms with Gasteiger partial charge in [0.2, 0.25) is 5.91 Å². The maximum atomic E-state index is 13.0. The van der Waals surface area contributed by atoms with Gasteiger partial charge in [-0.2, -0.15) is 13.2 Å². The molecular formula is C21H21F3N2O3. The Morgan fingerprint density at radius 1 is 1.14 bits per heavy atom. The SMILES string of the molecule is O=C(NCC1CCN(C(=O)/C=C/c2ccco2)CC1)c1ccccc1C(F)(F)F. The van der Waals surface area contributed by atoms with E-state index < -0.39 is 17.6 Å². The van der Waals surface area contributed by atoms with Crippen molar-refractivity contribution < 1.29 is 27.2 Å². The van der Waals surface area contributed by atoms with Crippen LogP contribution in [0.3, 0.4) is 0 Å². The van der Waals surface area contributed by atoms with Crippen molar-refractivity contribution in [2.75, 3.05) is 19.6 Å². The molecule has 0 radical (unpaired) electrons. The smallest absolute Gasteiger partial charge is 0.417 e. The van der Waals surface area contributed by atoms with Crippen LogP contribution in [0.5, 0.6) is 0 Å². The van der Waals surface area contributed by atoms with Crippen LogP contribution in [0.2, 0.25) is 0 Å². The first-order valence-electron chi connectivity index (χ1n) is 9.29. The summed E-state index contributed by atoms with van der Waals surface area (Å²) in [5, 5.41) is 2.60. The van der Waals surface area contributed by atoms with Crippen LogP contribution in [0.25, 0.3) is 6.08 Å². The molecule has 5 nitrogen and oxygen atoms in total. The Bertz CT molecular complexity index is 868. The molecule has 8 heteroatoms. The Labute approximate surface area is 166 Å². The molecule has 2 amide bonds. The van der Waals surface area contributed by atoms with Crippen LogP contribution in [0, 0.1) is 5.92 Å². The first kappa shape index (κ1) is 20.7. The number of furan rings is 1. The van der Waals surface area contributed by atoms with Crippen LogP contribution in [-0.4, -0.2) is 36.3 Å². The minimum Gasteiger partial charge on any atom is -0.465 e. The lowest BCUT2D eigenvalue weighted by molar-refractivity contribution is -0.138. The highest BCUT2D eigenvalue weighted by Crippen LogP contribution is 2.31. The normalized spacial score (nSPS) is 15.6. The molecule has 154 valence electrons. The quantitative estimate of drug-likeness (QED) is 0.764. The number of piperidine rings is 1. The molecule has 1 aliphatic heterocycles. The number of nitrogens with zero attached hydrogens (tertiary/aromatic N) is 1. The molecule has 2 heterocycles. The molecule has 1 N–H and O–H groups in total. The van der Waals surface area contributed by atoms with E-state index in [9.17, 15) is 22.8 Å². The molecule has 0 unspecified atom stereocenters. The molecule has 1 saturated heterocycles. The average Bonchev–Trinajstić information content (AvgIpc) is 3.23. The van der Waals surface area contributed by atoms with Gasteiger partial charge in [0.25, 0.3) is 5.91 Å². The number of nitrogens with one attached hydrogen (secondary N) is 1. The van der Waals surface area contributed by atoms with Crippen LogP contribution in [0.1, 0.15) is 34.5 Å². The number of halogens is 3. The topological polar surface area (TPSA) is 62.6 Å². The summed E-state index contributed by atoms with van der Waals surface area (Å²) in [5.41, 5.74) is -1.32. The van der Waals surface area contributed by atoms with Crippen LogP contribution < -0.4 is 5.32 Å². The van der Waals surface area contributed by atoms with Crippen molar-refractivity contribution in [3.63, 3.8) is 0 Å². The third-order valence-electron chi connectivity index (χ3n) is 4.89. The third kappa shape index (κ3) is 5.49. The number of likely N-dealkylation sites (tertiary alicyclic amines) is 1. The minimum atomic E-state index is -4.58. The maximum Gasteiger partial charge on any atom is 0.417 e. The molecule has 29 heavy (non-hydrogen) atoms. The number of hydrogen-bond donors (Lipinski definition) is 1. The van der Waals surface area contributed by atoms with Gasteiger partial charge in [-0.1, -0.05) is 12.1 Å². The molecule has 1 aliphatic rings. The summed E-state index contributed by atoms with van der Waals surface area (Å²) in [6, 6.07) is 8.21. The molecule has 0 bridgehead atoms. The van der Waals surface area contributed by atoms with Crippen molar-refractivity contribution in [1.29, 1.82) is 0 Å². The lowest BCUT2D eigenvalue weighted by atomic mass is 9.96. The fraction of sp³-hybridized carbons (Fsp3) is 0.333. The van der Waals surface area contributed by atoms with Crippen LogP contribution >= 0.6 is 0 Å². The summed E-state index contributed by atoms with van der Waals surface area (Å²) < 4.78 is 44.3. The summed E-state index contributed by atoms with van der Waals surface area (Å²) in [4.78, 5) is 26.1. The van der Waals surface area contributed by atoms with E-state index in [0.29, 0.717) is 31.7 Å². The molecule has 1 fully saturated rings. The molecule has 0 atom stereocenters. The molecule has 0 spiro atoms. The van der Waals surface area contributed by atoms with Crippen LogP contribution in [-0.2, 0) is 11.0 Å². The van der Waals surface area contributed by atoms with E-state index in [1.807, 2.05) is 0 Å². The molecule has 0 saturated carbocycles. The summed E-state index contributed by atoms with van der Waals surface area (Å²) in [5.74, 6) is -0.161. The van der Waals surface area contributed by atoms with Crippen molar-refractivity contribution in [1.82, 2.24) is 10.2 Å². The van der Waals surface area contributed by atoms with E-state index in [-0.39, 0.29) is 23.9 Å². The summed E-state index contributed by atoms with van der Waals surface area (Å²) in [6.45, 7) is 1.33. The lowest BCUT2D eigenvalue weighted by Gasteiger charge is -2.31. The van der Waals surface area contributed by atoms with Gasteiger partial charge in [0.1, 0.15) is 5.76 Å². The summed E-state index contributed by atoms with van der Waals surface area (Å²) in [6.07, 6.45) is 1.34. The van der Waals surface area contributed by atoms with Crippen LogP contribution in [0.4, 0.5) is 13.2 Å². The number of carbonyl (C=O) groups excluding carboxylic acids is 2. The van der Waals surface area contributed by atoms with Crippen LogP contribution in [0.15, 0.2) is 53.2 Å². The Balaban J connectivity index is 1.48. The number of hydrogen-bond acceptors (Lipinski definition) is 3. The highest BCUT2D eigenvalue weighted by molar-refractivity contribution is 5.95. The van der Waals surface area contributed by atoms with E-state index in [1.165, 1.54) is 30.5 Å². The highest BCUT2D eigenvalue weighted by atomic mass is 19.4. The van der Waals surface area contributed by atoms with E-state index >= 15 is 0 Å². The van der Waals surface area contributed by atoms with E-state index in [2.05, 4.69) is 5.32 Å². The van der Waals surface area contributed by atoms with Crippen molar-refractivity contribution in [3.05, 3.63) is 65.6 Å². The average molecular weight is 406 g/mol. The Morgan fingerprint density at radius 2 is 1.86 bits per heavy atom. The van der Waals surface area contributed by atoms with Crippen molar-refractivity contribution in [3.8, 4) is 0 Å². The molecule has 1 aromatic heterocycles. The number of alkyl halides is 3. The van der Waals surface area contributed by atoms with Gasteiger partial charge in [0.05, 0.1) is 17.4 Å². The largest absolute Gasteiger partial charge is 0.465 e. The zero-order chi connectivity index (χ0) is 20.9. The summed E-state index contributed by atoms with van der Waals surface area (Å²) in [7, 11) is 0. The van der Waals surface area contributed by atoms with E-state index in [0.717, 1.165) is 6.07 Å². The second-order valence-electron chi connectivity index (χ2n) is 6.87. The summed E-state index contributed by atoms with van der Waals surface area (Å²) >= 11 is 0.